The predicted molar refractivity (Wildman–Crippen MR) is 84.0 cm³/mol. The minimum absolute atomic E-state index is 0.0363. The Morgan fingerprint density at radius 2 is 2.00 bits per heavy atom. The van der Waals surface area contributed by atoms with Crippen molar-refractivity contribution in [3.8, 4) is 0 Å². The van der Waals surface area contributed by atoms with Crippen molar-refractivity contribution in [2.75, 3.05) is 0 Å². The van der Waals surface area contributed by atoms with Gasteiger partial charge in [-0.3, -0.25) is 4.79 Å². The maximum atomic E-state index is 11.7. The number of carbonyl (C=O) groups is 1. The van der Waals surface area contributed by atoms with Crippen LogP contribution in [-0.2, 0) is 4.79 Å². The van der Waals surface area contributed by atoms with E-state index in [4.69, 9.17) is 0 Å². The molecule has 7 unspecified atom stereocenters. The second-order valence-corrected chi connectivity index (χ2v) is 8.39. The zero-order valence-corrected chi connectivity index (χ0v) is 13.5. The van der Waals surface area contributed by atoms with Crippen LogP contribution in [0.1, 0.15) is 46.0 Å². The van der Waals surface area contributed by atoms with Crippen LogP contribution < -0.4 is 0 Å². The highest BCUT2D eigenvalue weighted by Gasteiger charge is 2.61. The molecule has 0 bridgehead atoms. The van der Waals surface area contributed by atoms with Crippen molar-refractivity contribution >= 4 is 5.78 Å². The quantitative estimate of drug-likeness (QED) is 0.723. The van der Waals surface area contributed by atoms with Crippen LogP contribution in [-0.4, -0.2) is 28.2 Å². The molecule has 0 saturated heterocycles. The summed E-state index contributed by atoms with van der Waals surface area (Å²) >= 11 is 0. The van der Waals surface area contributed by atoms with E-state index < -0.39 is 0 Å². The lowest BCUT2D eigenvalue weighted by Crippen LogP contribution is -2.52. The van der Waals surface area contributed by atoms with Crippen molar-refractivity contribution in [1.82, 2.24) is 0 Å². The van der Waals surface area contributed by atoms with E-state index in [9.17, 15) is 15.0 Å². The largest absolute Gasteiger partial charge is 0.393 e. The molecule has 3 heteroatoms. The van der Waals surface area contributed by atoms with E-state index >= 15 is 0 Å². The van der Waals surface area contributed by atoms with Crippen LogP contribution >= 0.6 is 0 Å². The molecule has 3 nitrogen and oxygen atoms in total. The van der Waals surface area contributed by atoms with Gasteiger partial charge in [0.15, 0.2) is 5.78 Å². The molecule has 7 atom stereocenters. The minimum Gasteiger partial charge on any atom is -0.393 e. The van der Waals surface area contributed by atoms with E-state index in [-0.39, 0.29) is 34.7 Å². The molecule has 0 aromatic carbocycles. The SMILES string of the molecule is CC12C=CC(=O)C=C1CCC1C2CCC2(C)C(O)CC(O)C12. The highest BCUT2D eigenvalue weighted by molar-refractivity contribution is 6.01. The summed E-state index contributed by atoms with van der Waals surface area (Å²) in [5.41, 5.74) is 1.11. The van der Waals surface area contributed by atoms with Crippen molar-refractivity contribution < 1.29 is 15.0 Å². The van der Waals surface area contributed by atoms with Crippen molar-refractivity contribution in [2.24, 2.45) is 28.6 Å². The Morgan fingerprint density at radius 1 is 1.23 bits per heavy atom. The summed E-state index contributed by atoms with van der Waals surface area (Å²) in [6, 6.07) is 0. The molecule has 0 heterocycles. The van der Waals surface area contributed by atoms with E-state index in [1.54, 1.807) is 6.08 Å². The van der Waals surface area contributed by atoms with Crippen LogP contribution in [0.3, 0.4) is 0 Å². The summed E-state index contributed by atoms with van der Waals surface area (Å²) in [7, 11) is 0. The van der Waals surface area contributed by atoms with E-state index in [2.05, 4.69) is 19.9 Å². The highest BCUT2D eigenvalue weighted by Crippen LogP contribution is 2.64. The Labute approximate surface area is 132 Å². The molecule has 0 aromatic rings. The third-order valence-electron chi connectivity index (χ3n) is 7.49. The normalized spacial score (nSPS) is 53.5. The number of aliphatic hydroxyl groups is 2. The summed E-state index contributed by atoms with van der Waals surface area (Å²) in [6.07, 6.45) is 9.48. The first-order valence-electron chi connectivity index (χ1n) is 8.66. The van der Waals surface area contributed by atoms with Gasteiger partial charge in [-0.2, -0.15) is 0 Å². The van der Waals surface area contributed by atoms with Crippen molar-refractivity contribution in [3.63, 3.8) is 0 Å². The number of carbonyl (C=O) groups excluding carboxylic acids is 1. The monoisotopic (exact) mass is 302 g/mol. The first kappa shape index (κ1) is 14.6. The van der Waals surface area contributed by atoms with Crippen LogP contribution in [0.25, 0.3) is 0 Å². The Hall–Kier alpha value is -0.930. The summed E-state index contributed by atoms with van der Waals surface area (Å²) in [5, 5.41) is 21.0. The van der Waals surface area contributed by atoms with E-state index in [0.29, 0.717) is 18.3 Å². The van der Waals surface area contributed by atoms with Crippen molar-refractivity contribution in [2.45, 2.75) is 58.2 Å². The number of aliphatic hydroxyl groups excluding tert-OH is 2. The maximum absolute atomic E-state index is 11.7. The van der Waals surface area contributed by atoms with Gasteiger partial charge in [0.25, 0.3) is 0 Å². The van der Waals surface area contributed by atoms with Gasteiger partial charge in [-0.1, -0.05) is 25.5 Å². The molecule has 120 valence electrons. The average molecular weight is 302 g/mol. The summed E-state index contributed by atoms with van der Waals surface area (Å²) in [4.78, 5) is 11.7. The van der Waals surface area contributed by atoms with Crippen LogP contribution in [0.15, 0.2) is 23.8 Å². The molecule has 2 N–H and O–H groups in total. The Bertz CT molecular complexity index is 577. The molecule has 22 heavy (non-hydrogen) atoms. The third kappa shape index (κ3) is 1.73. The van der Waals surface area contributed by atoms with Gasteiger partial charge in [0.1, 0.15) is 0 Å². The summed E-state index contributed by atoms with van der Waals surface area (Å²) < 4.78 is 0. The van der Waals surface area contributed by atoms with Crippen LogP contribution in [0.2, 0.25) is 0 Å². The molecule has 0 spiro atoms. The fourth-order valence-corrected chi connectivity index (χ4v) is 6.23. The average Bonchev–Trinajstić information content (AvgIpc) is 2.70. The zero-order valence-electron chi connectivity index (χ0n) is 13.5. The van der Waals surface area contributed by atoms with E-state index in [1.165, 1.54) is 5.57 Å². The molecule has 4 aliphatic carbocycles. The molecule has 3 fully saturated rings. The molecular weight excluding hydrogens is 276 g/mol. The molecule has 0 aliphatic heterocycles. The van der Waals surface area contributed by atoms with Gasteiger partial charge in [-0.25, -0.2) is 0 Å². The molecule has 0 amide bonds. The summed E-state index contributed by atoms with van der Waals surface area (Å²) in [6.45, 7) is 4.43. The lowest BCUT2D eigenvalue weighted by atomic mass is 9.48. The van der Waals surface area contributed by atoms with Gasteiger partial charge < -0.3 is 10.2 Å². The number of hydrogen-bond donors (Lipinski definition) is 2. The number of ketones is 1. The molecule has 3 saturated carbocycles. The maximum Gasteiger partial charge on any atom is 0.178 e. The fourth-order valence-electron chi connectivity index (χ4n) is 6.23. The van der Waals surface area contributed by atoms with Gasteiger partial charge in [-0.15, -0.1) is 0 Å². The minimum atomic E-state index is -0.379. The number of allylic oxidation sites excluding steroid dienone is 4. The lowest BCUT2D eigenvalue weighted by Gasteiger charge is -2.56. The molecule has 0 aromatic heterocycles. The van der Waals surface area contributed by atoms with Crippen molar-refractivity contribution in [1.29, 1.82) is 0 Å². The lowest BCUT2D eigenvalue weighted by molar-refractivity contribution is -0.111. The number of fused-ring (bicyclic) bond motifs is 5. The van der Waals surface area contributed by atoms with Crippen LogP contribution in [0.4, 0.5) is 0 Å². The van der Waals surface area contributed by atoms with Gasteiger partial charge in [-0.05, 0) is 61.0 Å². The van der Waals surface area contributed by atoms with Crippen LogP contribution in [0, 0.1) is 28.6 Å². The Balaban J connectivity index is 1.73. The van der Waals surface area contributed by atoms with Gasteiger partial charge in [0.2, 0.25) is 0 Å². The predicted octanol–water partition coefficient (Wildman–Crippen LogP) is 2.63. The zero-order chi connectivity index (χ0) is 15.7. The van der Waals surface area contributed by atoms with Gasteiger partial charge in [0, 0.05) is 11.8 Å². The standard InChI is InChI=1S/C19H26O3/c1-18-7-5-12(20)9-11(18)3-4-13-14(18)6-8-19(2)16(22)10-15(21)17(13)19/h5,7,9,13-17,21-22H,3-4,6,8,10H2,1-2H3. The third-order valence-corrected chi connectivity index (χ3v) is 7.49. The van der Waals surface area contributed by atoms with Crippen molar-refractivity contribution in [3.05, 3.63) is 23.8 Å². The van der Waals surface area contributed by atoms with E-state index in [0.717, 1.165) is 25.7 Å². The fraction of sp³-hybridized carbons (Fsp3) is 0.737. The molecule has 4 rings (SSSR count). The molecule has 0 radical (unpaired) electrons. The summed E-state index contributed by atoms with van der Waals surface area (Å²) in [5.74, 6) is 1.24. The first-order valence-corrected chi connectivity index (χ1v) is 8.66. The Kier molecular flexibility index (Phi) is 3.03. The highest BCUT2D eigenvalue weighted by atomic mass is 16.3. The topological polar surface area (TPSA) is 57.5 Å². The van der Waals surface area contributed by atoms with Gasteiger partial charge in [0.05, 0.1) is 12.2 Å². The Morgan fingerprint density at radius 3 is 2.77 bits per heavy atom. The molecular formula is C19H26O3. The first-order chi connectivity index (χ1) is 10.4. The smallest absolute Gasteiger partial charge is 0.178 e. The second-order valence-electron chi connectivity index (χ2n) is 8.39. The number of hydrogen-bond acceptors (Lipinski definition) is 3. The van der Waals surface area contributed by atoms with Crippen LogP contribution in [0.5, 0.6) is 0 Å². The second kappa shape index (κ2) is 4.55. The van der Waals surface area contributed by atoms with Gasteiger partial charge >= 0.3 is 0 Å². The van der Waals surface area contributed by atoms with E-state index in [1.807, 2.05) is 6.08 Å². The number of rotatable bonds is 0. The molecule has 4 aliphatic rings.